The monoisotopic (exact) mass is 492 g/mol. The Kier molecular flexibility index (Phi) is 7.73. The van der Waals surface area contributed by atoms with Crippen molar-refractivity contribution in [2.45, 2.75) is 37.2 Å². The van der Waals surface area contributed by atoms with Crippen molar-refractivity contribution in [2.75, 3.05) is 20.2 Å². The predicted octanol–water partition coefficient (Wildman–Crippen LogP) is 3.27. The molecule has 2 aromatic rings. The number of esters is 1. The van der Waals surface area contributed by atoms with Crippen LogP contribution in [0.2, 0.25) is 0 Å². The molecule has 0 fully saturated rings. The summed E-state index contributed by atoms with van der Waals surface area (Å²) in [7, 11) is 1.60. The van der Waals surface area contributed by atoms with E-state index in [1.165, 1.54) is 11.8 Å². The first kappa shape index (κ1) is 24.8. The molecule has 0 spiro atoms. The lowest BCUT2D eigenvalue weighted by Crippen LogP contribution is -2.56. The van der Waals surface area contributed by atoms with E-state index in [4.69, 9.17) is 9.47 Å². The Balaban J connectivity index is 1.55. The number of nitrogens with one attached hydrogen (secondary N) is 2. The third kappa shape index (κ3) is 5.34. The Morgan fingerprint density at radius 2 is 2.14 bits per heavy atom. The number of methoxy groups -OCH3 is 1. The number of ether oxygens (including phenoxy) is 2. The Hall–Kier alpha value is -3.35. The summed E-state index contributed by atoms with van der Waals surface area (Å²) in [6.07, 6.45) is 4.04. The number of pyridine rings is 1. The summed E-state index contributed by atoms with van der Waals surface area (Å²) >= 11 is 1.23. The summed E-state index contributed by atoms with van der Waals surface area (Å²) < 4.78 is 11.0. The van der Waals surface area contributed by atoms with E-state index < -0.39 is 16.8 Å². The van der Waals surface area contributed by atoms with Crippen LogP contribution in [0.5, 0.6) is 5.75 Å². The Bertz CT molecular complexity index is 1160. The summed E-state index contributed by atoms with van der Waals surface area (Å²) in [5, 5.41) is 16.3. The van der Waals surface area contributed by atoms with E-state index >= 15 is 0 Å². The summed E-state index contributed by atoms with van der Waals surface area (Å²) in [6, 6.07) is 13.4. The van der Waals surface area contributed by atoms with Gasteiger partial charge in [-0.05, 0) is 59.8 Å². The molecule has 2 N–H and O–H groups in total. The van der Waals surface area contributed by atoms with Gasteiger partial charge in [0.05, 0.1) is 13.2 Å². The molecule has 182 valence electrons. The molecule has 2 aliphatic heterocycles. The van der Waals surface area contributed by atoms with Crippen LogP contribution < -0.4 is 15.4 Å². The topological polar surface area (TPSA) is 113 Å². The molecule has 1 aromatic heterocycles. The Morgan fingerprint density at radius 3 is 2.89 bits per heavy atom. The van der Waals surface area contributed by atoms with Crippen molar-refractivity contribution in [3.8, 4) is 11.8 Å². The first-order valence-electron chi connectivity index (χ1n) is 11.5. The lowest BCUT2D eigenvalue weighted by molar-refractivity contribution is -0.151. The summed E-state index contributed by atoms with van der Waals surface area (Å²) in [5.41, 5.74) is 2.63. The molecule has 0 saturated heterocycles. The van der Waals surface area contributed by atoms with Crippen molar-refractivity contribution in [1.82, 2.24) is 15.6 Å². The zero-order valence-electron chi connectivity index (χ0n) is 19.7. The number of carbonyl (C=O) groups is 2. The van der Waals surface area contributed by atoms with Crippen LogP contribution in [0.4, 0.5) is 0 Å². The van der Waals surface area contributed by atoms with Crippen LogP contribution in [0.3, 0.4) is 0 Å². The van der Waals surface area contributed by atoms with Crippen LogP contribution in [0.25, 0.3) is 0 Å². The molecular formula is C26H28N4O4S. The first-order chi connectivity index (χ1) is 17.0. The average molecular weight is 493 g/mol. The smallest absolute Gasteiger partial charge is 0.344 e. The fourth-order valence-corrected chi connectivity index (χ4v) is 5.93. The second-order valence-electron chi connectivity index (χ2n) is 8.64. The second kappa shape index (κ2) is 10.9. The van der Waals surface area contributed by atoms with Gasteiger partial charge < -0.3 is 20.1 Å². The molecule has 4 rings (SSSR count). The summed E-state index contributed by atoms with van der Waals surface area (Å²) in [5.74, 6) is -1.15. The van der Waals surface area contributed by atoms with Gasteiger partial charge in [-0.25, -0.2) is 4.79 Å². The van der Waals surface area contributed by atoms with E-state index in [9.17, 15) is 14.9 Å². The lowest BCUT2D eigenvalue weighted by Gasteiger charge is -2.31. The number of thioether (sulfide) groups is 1. The molecule has 3 atom stereocenters. The van der Waals surface area contributed by atoms with Crippen molar-refractivity contribution in [1.29, 1.82) is 5.26 Å². The predicted molar refractivity (Wildman–Crippen MR) is 132 cm³/mol. The minimum Gasteiger partial charge on any atom is -0.497 e. The Morgan fingerprint density at radius 1 is 1.34 bits per heavy atom. The van der Waals surface area contributed by atoms with Crippen molar-refractivity contribution in [3.05, 3.63) is 70.4 Å². The van der Waals surface area contributed by atoms with Gasteiger partial charge in [0, 0.05) is 30.3 Å². The molecule has 35 heavy (non-hydrogen) atoms. The number of nitrogens with zero attached hydrogens (tertiary/aromatic N) is 2. The van der Waals surface area contributed by atoms with E-state index in [1.807, 2.05) is 31.2 Å². The molecule has 2 aliphatic rings. The highest BCUT2D eigenvalue weighted by atomic mass is 32.2. The van der Waals surface area contributed by atoms with Gasteiger partial charge in [0.1, 0.15) is 18.3 Å². The van der Waals surface area contributed by atoms with Gasteiger partial charge in [-0.2, -0.15) is 5.26 Å². The van der Waals surface area contributed by atoms with Gasteiger partial charge in [-0.15, -0.1) is 0 Å². The zero-order chi connectivity index (χ0) is 24.8. The summed E-state index contributed by atoms with van der Waals surface area (Å²) in [4.78, 5) is 30.2. The maximum absolute atomic E-state index is 13.5. The molecule has 8 nitrogen and oxygen atoms in total. The number of carbonyl (C=O) groups excluding carboxylic acids is 2. The summed E-state index contributed by atoms with van der Waals surface area (Å²) in [6.45, 7) is 3.26. The van der Waals surface area contributed by atoms with Crippen LogP contribution in [0.15, 0.2) is 59.3 Å². The minimum absolute atomic E-state index is 0.0286. The number of benzene rings is 1. The molecule has 1 aromatic carbocycles. The molecule has 0 bridgehead atoms. The van der Waals surface area contributed by atoms with E-state index in [-0.39, 0.29) is 24.9 Å². The van der Waals surface area contributed by atoms with Crippen molar-refractivity contribution in [3.63, 3.8) is 0 Å². The third-order valence-electron chi connectivity index (χ3n) is 6.29. The van der Waals surface area contributed by atoms with Gasteiger partial charge in [0.15, 0.2) is 0 Å². The maximum Gasteiger partial charge on any atom is 0.344 e. The Labute approximate surface area is 209 Å². The molecule has 0 aliphatic carbocycles. The second-order valence-corrected chi connectivity index (χ2v) is 9.98. The fourth-order valence-electron chi connectivity index (χ4n) is 4.40. The van der Waals surface area contributed by atoms with Gasteiger partial charge in [-0.1, -0.05) is 30.8 Å². The van der Waals surface area contributed by atoms with E-state index in [2.05, 4.69) is 21.7 Å². The number of amides is 1. The van der Waals surface area contributed by atoms with Crippen molar-refractivity contribution < 1.29 is 19.1 Å². The highest BCUT2D eigenvalue weighted by Crippen LogP contribution is 2.51. The highest BCUT2D eigenvalue weighted by molar-refractivity contribution is 8.05. The maximum atomic E-state index is 13.5. The van der Waals surface area contributed by atoms with Gasteiger partial charge in [-0.3, -0.25) is 9.78 Å². The van der Waals surface area contributed by atoms with Gasteiger partial charge in [0.2, 0.25) is 10.8 Å². The highest BCUT2D eigenvalue weighted by Gasteiger charge is 2.57. The molecule has 3 heterocycles. The lowest BCUT2D eigenvalue weighted by atomic mass is 9.88. The van der Waals surface area contributed by atoms with E-state index in [0.29, 0.717) is 18.7 Å². The van der Waals surface area contributed by atoms with Crippen LogP contribution in [0.1, 0.15) is 36.8 Å². The third-order valence-corrected chi connectivity index (χ3v) is 7.76. The molecule has 9 heteroatoms. The van der Waals surface area contributed by atoms with Crippen LogP contribution in [-0.4, -0.2) is 41.9 Å². The zero-order valence-corrected chi connectivity index (χ0v) is 20.6. The number of nitriles is 1. The molecule has 3 unspecified atom stereocenters. The largest absolute Gasteiger partial charge is 0.497 e. The van der Waals surface area contributed by atoms with E-state index in [0.717, 1.165) is 28.1 Å². The normalized spacial score (nSPS) is 22.0. The molecule has 0 radical (unpaired) electrons. The average Bonchev–Trinajstić information content (AvgIpc) is 3.21. The van der Waals surface area contributed by atoms with E-state index in [1.54, 1.807) is 31.6 Å². The number of rotatable bonds is 8. The molecular weight excluding hydrogens is 464 g/mol. The molecule has 0 saturated carbocycles. The van der Waals surface area contributed by atoms with Crippen molar-refractivity contribution in [2.24, 2.45) is 5.92 Å². The van der Waals surface area contributed by atoms with Gasteiger partial charge in [0.25, 0.3) is 0 Å². The van der Waals surface area contributed by atoms with Gasteiger partial charge >= 0.3 is 5.97 Å². The number of hydrogen-bond acceptors (Lipinski definition) is 8. The van der Waals surface area contributed by atoms with Crippen LogP contribution in [-0.2, 0) is 20.9 Å². The van der Waals surface area contributed by atoms with Crippen molar-refractivity contribution >= 4 is 23.6 Å². The minimum atomic E-state index is -1.52. The number of aromatic nitrogens is 1. The fraction of sp³-hybridized carbons (Fsp3) is 0.385. The quantitative estimate of drug-likeness (QED) is 0.540. The standard InChI is InChI=1S/C26H28N4O4S/c1-17(19-4-3-5-20(13-19)33-2)12-24(31)30-26(25(32)34-16-18-6-9-28-10-7-18)22(14-27)21-8-11-29-15-23(21)35-26/h3-7,9-10,13,17,22,29H,8,11-12,15-16H2,1-2H3,(H,30,31). The molecule has 1 amide bonds. The number of hydrogen-bond donors (Lipinski definition) is 2. The van der Waals surface area contributed by atoms with Crippen LogP contribution in [0, 0.1) is 17.2 Å². The SMILES string of the molecule is COc1cccc(C(C)CC(=O)NC2(C(=O)OCc3ccncc3)SC3=C(CCNC3)C2C#N)c1. The first-order valence-corrected chi connectivity index (χ1v) is 12.3. The van der Waals surface area contributed by atoms with Crippen LogP contribution >= 0.6 is 11.8 Å².